The smallest absolute Gasteiger partial charge is 0.288 e. The van der Waals surface area contributed by atoms with Gasteiger partial charge in [-0.3, -0.25) is 4.79 Å². The molecule has 0 aliphatic carbocycles. The highest BCUT2D eigenvalue weighted by molar-refractivity contribution is 7.99. The minimum atomic E-state index is -2.53. The number of anilines is 1. The number of hydrogen-bond acceptors (Lipinski definition) is 3. The van der Waals surface area contributed by atoms with Crippen molar-refractivity contribution >= 4 is 23.4 Å². The van der Waals surface area contributed by atoms with Crippen molar-refractivity contribution in [3.63, 3.8) is 0 Å². The molecule has 0 aliphatic rings. The number of amides is 1. The van der Waals surface area contributed by atoms with E-state index in [1.165, 1.54) is 0 Å². The highest BCUT2D eigenvalue weighted by Crippen LogP contribution is 2.31. The van der Waals surface area contributed by atoms with Crippen molar-refractivity contribution in [1.29, 1.82) is 0 Å². The maximum Gasteiger partial charge on any atom is 0.288 e. The third-order valence-electron chi connectivity index (χ3n) is 3.00. The molecule has 0 saturated carbocycles. The van der Waals surface area contributed by atoms with Crippen LogP contribution in [0.4, 0.5) is 14.5 Å². The summed E-state index contributed by atoms with van der Waals surface area (Å²) in [6.45, 7) is 2.20. The van der Waals surface area contributed by atoms with E-state index in [0.29, 0.717) is 28.1 Å². The summed E-state index contributed by atoms with van der Waals surface area (Å²) in [7, 11) is 0. The van der Waals surface area contributed by atoms with Gasteiger partial charge < -0.3 is 10.1 Å². The van der Waals surface area contributed by atoms with Crippen molar-refractivity contribution in [2.45, 2.75) is 24.0 Å². The molecule has 0 bridgehead atoms. The number of para-hydroxylation sites is 1. The largest absolute Gasteiger partial charge is 0.493 e. The first-order valence-corrected chi connectivity index (χ1v) is 7.96. The van der Waals surface area contributed by atoms with E-state index < -0.39 is 5.76 Å². The number of halogens is 2. The van der Waals surface area contributed by atoms with E-state index in [2.05, 4.69) is 5.32 Å². The highest BCUT2D eigenvalue weighted by Gasteiger charge is 2.11. The van der Waals surface area contributed by atoms with Gasteiger partial charge in [0.1, 0.15) is 5.75 Å². The SMILES string of the molecule is Cc1ccc(OCCC(=O)Nc2ccccc2SC(F)F)cc1. The molecule has 0 saturated heterocycles. The zero-order chi connectivity index (χ0) is 16.7. The second-order valence-corrected chi connectivity index (χ2v) is 5.87. The molecule has 2 aromatic rings. The average molecular weight is 337 g/mol. The van der Waals surface area contributed by atoms with Gasteiger partial charge in [0.05, 0.1) is 18.7 Å². The first-order valence-electron chi connectivity index (χ1n) is 7.08. The van der Waals surface area contributed by atoms with Gasteiger partial charge in [0.15, 0.2) is 0 Å². The number of ether oxygens (including phenoxy) is 1. The minimum Gasteiger partial charge on any atom is -0.493 e. The lowest BCUT2D eigenvalue weighted by atomic mass is 10.2. The van der Waals surface area contributed by atoms with Crippen LogP contribution >= 0.6 is 11.8 Å². The molecule has 0 aromatic heterocycles. The molecule has 6 heteroatoms. The van der Waals surface area contributed by atoms with E-state index >= 15 is 0 Å². The molecule has 0 atom stereocenters. The van der Waals surface area contributed by atoms with Crippen molar-refractivity contribution in [3.05, 3.63) is 54.1 Å². The van der Waals surface area contributed by atoms with Crippen LogP contribution in [0.1, 0.15) is 12.0 Å². The molecule has 3 nitrogen and oxygen atoms in total. The molecule has 0 radical (unpaired) electrons. The van der Waals surface area contributed by atoms with Gasteiger partial charge >= 0.3 is 0 Å². The average Bonchev–Trinajstić information content (AvgIpc) is 2.51. The molecule has 1 amide bonds. The monoisotopic (exact) mass is 337 g/mol. The van der Waals surface area contributed by atoms with Gasteiger partial charge in [-0.2, -0.15) is 8.78 Å². The summed E-state index contributed by atoms with van der Waals surface area (Å²) in [5.41, 5.74) is 1.52. The summed E-state index contributed by atoms with van der Waals surface area (Å²) in [6, 6.07) is 14.0. The number of aryl methyl sites for hydroxylation is 1. The number of hydrogen-bond donors (Lipinski definition) is 1. The van der Waals surface area contributed by atoms with Crippen LogP contribution in [-0.4, -0.2) is 18.3 Å². The normalized spacial score (nSPS) is 10.6. The van der Waals surface area contributed by atoms with Crippen LogP contribution in [0.15, 0.2) is 53.4 Å². The number of carbonyl (C=O) groups excluding carboxylic acids is 1. The van der Waals surface area contributed by atoms with Crippen LogP contribution in [0.2, 0.25) is 0 Å². The molecule has 2 rings (SSSR count). The van der Waals surface area contributed by atoms with E-state index in [1.807, 2.05) is 31.2 Å². The van der Waals surface area contributed by atoms with Gasteiger partial charge in [-0.25, -0.2) is 0 Å². The Kier molecular flexibility index (Phi) is 6.40. The molecular formula is C17H17F2NO2S. The molecule has 0 unspecified atom stereocenters. The maximum atomic E-state index is 12.5. The van der Waals surface area contributed by atoms with Crippen molar-refractivity contribution < 1.29 is 18.3 Å². The number of nitrogens with one attached hydrogen (secondary N) is 1. The van der Waals surface area contributed by atoms with Gasteiger partial charge in [-0.05, 0) is 31.2 Å². The lowest BCUT2D eigenvalue weighted by Gasteiger charge is -2.11. The predicted molar refractivity (Wildman–Crippen MR) is 88.2 cm³/mol. The van der Waals surface area contributed by atoms with Crippen LogP contribution < -0.4 is 10.1 Å². The van der Waals surface area contributed by atoms with Gasteiger partial charge in [0, 0.05) is 4.90 Å². The van der Waals surface area contributed by atoms with Crippen LogP contribution in [0.5, 0.6) is 5.75 Å². The fourth-order valence-corrected chi connectivity index (χ4v) is 2.47. The van der Waals surface area contributed by atoms with Gasteiger partial charge in [0.2, 0.25) is 5.91 Å². The molecule has 0 fully saturated rings. The van der Waals surface area contributed by atoms with E-state index in [1.54, 1.807) is 24.3 Å². The van der Waals surface area contributed by atoms with Crippen LogP contribution in [0.3, 0.4) is 0 Å². The van der Waals surface area contributed by atoms with Crippen LogP contribution in [-0.2, 0) is 4.79 Å². The minimum absolute atomic E-state index is 0.140. The molecule has 122 valence electrons. The Morgan fingerprint density at radius 2 is 1.87 bits per heavy atom. The summed E-state index contributed by atoms with van der Waals surface area (Å²) in [4.78, 5) is 12.2. The lowest BCUT2D eigenvalue weighted by molar-refractivity contribution is -0.116. The Balaban J connectivity index is 1.84. The number of benzene rings is 2. The van der Waals surface area contributed by atoms with Gasteiger partial charge in [-0.1, -0.05) is 41.6 Å². The van der Waals surface area contributed by atoms with Gasteiger partial charge in [-0.15, -0.1) is 0 Å². The van der Waals surface area contributed by atoms with Crippen molar-refractivity contribution in [2.75, 3.05) is 11.9 Å². The third-order valence-corrected chi connectivity index (χ3v) is 3.78. The molecular weight excluding hydrogens is 320 g/mol. The Morgan fingerprint density at radius 1 is 1.17 bits per heavy atom. The van der Waals surface area contributed by atoms with Crippen molar-refractivity contribution in [2.24, 2.45) is 0 Å². The number of rotatable bonds is 7. The Hall–Kier alpha value is -2.08. The quantitative estimate of drug-likeness (QED) is 0.743. The second-order valence-electron chi connectivity index (χ2n) is 4.83. The predicted octanol–water partition coefficient (Wildman–Crippen LogP) is 4.72. The summed E-state index contributed by atoms with van der Waals surface area (Å²) in [5, 5.41) is 2.64. The third kappa shape index (κ3) is 5.90. The molecule has 23 heavy (non-hydrogen) atoms. The first-order chi connectivity index (χ1) is 11.0. The molecule has 1 N–H and O–H groups in total. The zero-order valence-electron chi connectivity index (χ0n) is 12.6. The zero-order valence-corrected chi connectivity index (χ0v) is 13.4. The Morgan fingerprint density at radius 3 is 2.57 bits per heavy atom. The number of alkyl halides is 2. The lowest BCUT2D eigenvalue weighted by Crippen LogP contribution is -2.15. The van der Waals surface area contributed by atoms with E-state index in [-0.39, 0.29) is 18.9 Å². The molecule has 0 heterocycles. The fraction of sp³-hybridized carbons (Fsp3) is 0.235. The fourth-order valence-electron chi connectivity index (χ4n) is 1.88. The Labute approximate surface area is 138 Å². The first kappa shape index (κ1) is 17.3. The van der Waals surface area contributed by atoms with Crippen LogP contribution in [0.25, 0.3) is 0 Å². The van der Waals surface area contributed by atoms with E-state index in [9.17, 15) is 13.6 Å². The van der Waals surface area contributed by atoms with Crippen molar-refractivity contribution in [3.8, 4) is 5.75 Å². The van der Waals surface area contributed by atoms with Crippen molar-refractivity contribution in [1.82, 2.24) is 0 Å². The topological polar surface area (TPSA) is 38.3 Å². The maximum absolute atomic E-state index is 12.5. The summed E-state index contributed by atoms with van der Waals surface area (Å²) in [6.07, 6.45) is 0.140. The highest BCUT2D eigenvalue weighted by atomic mass is 32.2. The van der Waals surface area contributed by atoms with E-state index in [0.717, 1.165) is 5.56 Å². The van der Waals surface area contributed by atoms with E-state index in [4.69, 9.17) is 4.74 Å². The summed E-state index contributed by atoms with van der Waals surface area (Å²) >= 11 is 0.410. The summed E-state index contributed by atoms with van der Waals surface area (Å²) in [5.74, 6) is -2.12. The molecule has 0 spiro atoms. The van der Waals surface area contributed by atoms with Crippen LogP contribution in [0, 0.1) is 6.92 Å². The molecule has 2 aromatic carbocycles. The van der Waals surface area contributed by atoms with Gasteiger partial charge in [0.25, 0.3) is 5.76 Å². The molecule has 0 aliphatic heterocycles. The second kappa shape index (κ2) is 8.53. The summed E-state index contributed by atoms with van der Waals surface area (Å²) < 4.78 is 30.5. The Bertz CT molecular complexity index is 647. The number of thioether (sulfide) groups is 1. The standard InChI is InChI=1S/C17H17F2NO2S/c1-12-6-8-13(9-7-12)22-11-10-16(21)20-14-4-2-3-5-15(14)23-17(18)19/h2-9,17H,10-11H2,1H3,(H,20,21). The number of carbonyl (C=O) groups is 1.